The summed E-state index contributed by atoms with van der Waals surface area (Å²) >= 11 is 0. The van der Waals surface area contributed by atoms with E-state index in [1.165, 1.54) is 6.07 Å². The second-order valence-electron chi connectivity index (χ2n) is 6.18. The van der Waals surface area contributed by atoms with Gasteiger partial charge in [-0.3, -0.25) is 19.8 Å². The topological polar surface area (TPSA) is 105 Å². The lowest BCUT2D eigenvalue weighted by Crippen LogP contribution is -2.48. The minimum atomic E-state index is -0.399. The Morgan fingerprint density at radius 2 is 1.85 bits per heavy atom. The average molecular weight is 355 g/mol. The number of nitrogens with zero attached hydrogens (tertiary/aromatic N) is 3. The molecule has 26 heavy (non-hydrogen) atoms. The van der Waals surface area contributed by atoms with Crippen LogP contribution in [0.3, 0.4) is 0 Å². The number of nitro groups is 1. The number of hydrogen-bond donors (Lipinski definition) is 2. The van der Waals surface area contributed by atoms with E-state index in [1.54, 1.807) is 18.2 Å². The second-order valence-corrected chi connectivity index (χ2v) is 6.18. The Kier molecular flexibility index (Phi) is 5.33. The van der Waals surface area contributed by atoms with Crippen molar-refractivity contribution in [1.82, 2.24) is 4.90 Å². The minimum Gasteiger partial charge on any atom is -0.369 e. The van der Waals surface area contributed by atoms with Crippen molar-refractivity contribution in [3.63, 3.8) is 0 Å². The molecule has 3 rings (SSSR count). The predicted molar refractivity (Wildman–Crippen MR) is 101 cm³/mol. The number of piperazine rings is 1. The molecule has 1 heterocycles. The molecule has 1 fully saturated rings. The fourth-order valence-corrected chi connectivity index (χ4v) is 3.06. The molecule has 8 nitrogen and oxygen atoms in total. The van der Waals surface area contributed by atoms with Crippen molar-refractivity contribution in [1.29, 1.82) is 0 Å². The van der Waals surface area contributed by atoms with Crippen molar-refractivity contribution in [2.75, 3.05) is 42.9 Å². The highest BCUT2D eigenvalue weighted by atomic mass is 16.6. The van der Waals surface area contributed by atoms with E-state index in [1.807, 2.05) is 29.2 Å². The standard InChI is InChI=1S/C18H21N5O3/c19-18(24)13-21-8-10-22(11-9-21)15-5-3-4-14(12-15)20-16-6-1-2-7-17(16)23(25)26/h1-7,12,20H,8-11,13H2,(H2,19,24). The molecule has 1 aliphatic heterocycles. The Hall–Kier alpha value is -3.13. The van der Waals surface area contributed by atoms with Gasteiger partial charge >= 0.3 is 0 Å². The number of carbonyl (C=O) groups excluding carboxylic acids is 1. The van der Waals surface area contributed by atoms with Gasteiger partial charge in [0.1, 0.15) is 5.69 Å². The quantitative estimate of drug-likeness (QED) is 0.606. The molecular weight excluding hydrogens is 334 g/mol. The molecule has 0 spiro atoms. The number of amides is 1. The zero-order valence-electron chi connectivity index (χ0n) is 14.3. The van der Waals surface area contributed by atoms with Crippen LogP contribution in [0.15, 0.2) is 48.5 Å². The molecular formula is C18H21N5O3. The second kappa shape index (κ2) is 7.83. The van der Waals surface area contributed by atoms with E-state index in [-0.39, 0.29) is 18.1 Å². The summed E-state index contributed by atoms with van der Waals surface area (Å²) in [4.78, 5) is 26.0. The van der Waals surface area contributed by atoms with Crippen molar-refractivity contribution in [2.24, 2.45) is 5.73 Å². The van der Waals surface area contributed by atoms with Crippen molar-refractivity contribution in [3.8, 4) is 0 Å². The molecule has 8 heteroatoms. The first-order chi connectivity index (χ1) is 12.5. The van der Waals surface area contributed by atoms with Gasteiger partial charge in [-0.25, -0.2) is 0 Å². The highest BCUT2D eigenvalue weighted by Crippen LogP contribution is 2.29. The lowest BCUT2D eigenvalue weighted by molar-refractivity contribution is -0.383. The summed E-state index contributed by atoms with van der Waals surface area (Å²) in [6.07, 6.45) is 0. The summed E-state index contributed by atoms with van der Waals surface area (Å²) in [5, 5.41) is 14.3. The number of para-hydroxylation sites is 2. The third-order valence-electron chi connectivity index (χ3n) is 4.34. The largest absolute Gasteiger partial charge is 0.369 e. The SMILES string of the molecule is NC(=O)CN1CCN(c2cccc(Nc3ccccc3[N+](=O)[O-])c2)CC1. The maximum atomic E-state index is 11.2. The molecule has 1 amide bonds. The molecule has 1 saturated heterocycles. The minimum absolute atomic E-state index is 0.0398. The molecule has 0 radical (unpaired) electrons. The molecule has 0 unspecified atom stereocenters. The van der Waals surface area contributed by atoms with Gasteiger partial charge in [0.25, 0.3) is 5.69 Å². The van der Waals surface area contributed by atoms with Crippen LogP contribution in [0.1, 0.15) is 0 Å². The molecule has 3 N–H and O–H groups in total. The van der Waals surface area contributed by atoms with Gasteiger partial charge in [-0.2, -0.15) is 0 Å². The summed E-state index contributed by atoms with van der Waals surface area (Å²) in [5.74, 6) is -0.311. The number of nitrogens with two attached hydrogens (primary N) is 1. The van der Waals surface area contributed by atoms with Crippen LogP contribution in [-0.4, -0.2) is 48.5 Å². The number of carbonyl (C=O) groups is 1. The van der Waals surface area contributed by atoms with E-state index in [9.17, 15) is 14.9 Å². The van der Waals surface area contributed by atoms with Gasteiger partial charge in [0.05, 0.1) is 11.5 Å². The summed E-state index contributed by atoms with van der Waals surface area (Å²) in [6, 6.07) is 14.3. The first kappa shape index (κ1) is 17.7. The van der Waals surface area contributed by atoms with Gasteiger partial charge in [0.15, 0.2) is 0 Å². The molecule has 1 aliphatic rings. The number of benzene rings is 2. The highest BCUT2D eigenvalue weighted by Gasteiger charge is 2.19. The maximum Gasteiger partial charge on any atom is 0.292 e. The third-order valence-corrected chi connectivity index (χ3v) is 4.34. The van der Waals surface area contributed by atoms with Crippen LogP contribution in [0.5, 0.6) is 0 Å². The van der Waals surface area contributed by atoms with Gasteiger partial charge in [-0.05, 0) is 24.3 Å². The lowest BCUT2D eigenvalue weighted by atomic mass is 10.2. The Labute approximate surface area is 151 Å². The Morgan fingerprint density at radius 1 is 1.12 bits per heavy atom. The number of rotatable bonds is 6. The molecule has 0 bridgehead atoms. The van der Waals surface area contributed by atoms with Crippen molar-refractivity contribution >= 4 is 28.7 Å². The Bertz CT molecular complexity index is 803. The smallest absolute Gasteiger partial charge is 0.292 e. The molecule has 0 aromatic heterocycles. The molecule has 0 atom stereocenters. The van der Waals surface area contributed by atoms with Gasteiger partial charge in [0, 0.05) is 43.6 Å². The van der Waals surface area contributed by atoms with Crippen molar-refractivity contribution in [2.45, 2.75) is 0 Å². The van der Waals surface area contributed by atoms with Crippen LogP contribution in [0.2, 0.25) is 0 Å². The van der Waals surface area contributed by atoms with E-state index in [4.69, 9.17) is 5.73 Å². The van der Waals surface area contributed by atoms with E-state index in [0.29, 0.717) is 5.69 Å². The lowest BCUT2D eigenvalue weighted by Gasteiger charge is -2.35. The van der Waals surface area contributed by atoms with Gasteiger partial charge in [-0.15, -0.1) is 0 Å². The summed E-state index contributed by atoms with van der Waals surface area (Å²) in [6.45, 7) is 3.41. The van der Waals surface area contributed by atoms with Crippen LogP contribution in [0, 0.1) is 10.1 Å². The van der Waals surface area contributed by atoms with E-state index >= 15 is 0 Å². The highest BCUT2D eigenvalue weighted by molar-refractivity contribution is 5.76. The summed E-state index contributed by atoms with van der Waals surface area (Å²) in [5.41, 5.74) is 7.57. The number of hydrogen-bond acceptors (Lipinski definition) is 6. The summed E-state index contributed by atoms with van der Waals surface area (Å²) in [7, 11) is 0. The van der Waals surface area contributed by atoms with Gasteiger partial charge in [-0.1, -0.05) is 18.2 Å². The first-order valence-corrected chi connectivity index (χ1v) is 8.39. The van der Waals surface area contributed by atoms with Crippen LogP contribution in [0.25, 0.3) is 0 Å². The molecule has 2 aromatic carbocycles. The molecule has 136 valence electrons. The Balaban J connectivity index is 1.70. The normalized spacial score (nSPS) is 14.8. The first-order valence-electron chi connectivity index (χ1n) is 8.39. The van der Waals surface area contributed by atoms with E-state index < -0.39 is 4.92 Å². The predicted octanol–water partition coefficient (Wildman–Crippen LogP) is 1.95. The van der Waals surface area contributed by atoms with Crippen LogP contribution < -0.4 is 16.0 Å². The molecule has 0 aliphatic carbocycles. The van der Waals surface area contributed by atoms with Gasteiger partial charge < -0.3 is 16.0 Å². The average Bonchev–Trinajstić information content (AvgIpc) is 2.62. The third kappa shape index (κ3) is 4.28. The van der Waals surface area contributed by atoms with Crippen LogP contribution >= 0.6 is 0 Å². The van der Waals surface area contributed by atoms with E-state index in [2.05, 4.69) is 10.2 Å². The van der Waals surface area contributed by atoms with Gasteiger partial charge in [0.2, 0.25) is 5.91 Å². The number of primary amides is 1. The fourth-order valence-electron chi connectivity index (χ4n) is 3.06. The maximum absolute atomic E-state index is 11.2. The zero-order valence-corrected chi connectivity index (χ0v) is 14.3. The zero-order chi connectivity index (χ0) is 18.5. The fraction of sp³-hybridized carbons (Fsp3) is 0.278. The monoisotopic (exact) mass is 355 g/mol. The van der Waals surface area contributed by atoms with E-state index in [0.717, 1.165) is 37.6 Å². The van der Waals surface area contributed by atoms with Crippen LogP contribution in [-0.2, 0) is 4.79 Å². The molecule has 0 saturated carbocycles. The van der Waals surface area contributed by atoms with Crippen LogP contribution in [0.4, 0.5) is 22.7 Å². The molecule has 2 aromatic rings. The summed E-state index contributed by atoms with van der Waals surface area (Å²) < 4.78 is 0. The van der Waals surface area contributed by atoms with Crippen molar-refractivity contribution < 1.29 is 9.72 Å². The number of nitro benzene ring substituents is 1. The Morgan fingerprint density at radius 3 is 2.54 bits per heavy atom. The number of anilines is 3. The van der Waals surface area contributed by atoms with Crippen molar-refractivity contribution in [3.05, 3.63) is 58.6 Å². The number of nitrogens with one attached hydrogen (secondary N) is 1.